The van der Waals surface area contributed by atoms with E-state index < -0.39 is 0 Å². The molecule has 4 nitrogen and oxygen atoms in total. The largest absolute Gasteiger partial charge is 0.394 e. The van der Waals surface area contributed by atoms with Crippen LogP contribution < -0.4 is 5.32 Å². The standard InChI is InChI=1S/C12H19N3O/c1-10-5-6-11(15-14-10)13-12(9-16)7-3-2-4-8-12/h5-6,16H,2-4,7-9H2,1H3,(H,13,15). The molecule has 0 radical (unpaired) electrons. The first-order valence-corrected chi connectivity index (χ1v) is 5.93. The molecule has 0 atom stereocenters. The zero-order chi connectivity index (χ0) is 11.4. The van der Waals surface area contributed by atoms with E-state index in [1.165, 1.54) is 19.3 Å². The van der Waals surface area contributed by atoms with Crippen molar-refractivity contribution in [2.75, 3.05) is 11.9 Å². The Hall–Kier alpha value is -1.16. The summed E-state index contributed by atoms with van der Waals surface area (Å²) in [7, 11) is 0. The van der Waals surface area contributed by atoms with Gasteiger partial charge in [-0.05, 0) is 31.9 Å². The number of rotatable bonds is 3. The third kappa shape index (κ3) is 2.50. The molecule has 1 aromatic rings. The zero-order valence-electron chi connectivity index (χ0n) is 9.74. The van der Waals surface area contributed by atoms with E-state index in [0.29, 0.717) is 0 Å². The molecule has 0 amide bonds. The lowest BCUT2D eigenvalue weighted by atomic mass is 9.82. The van der Waals surface area contributed by atoms with E-state index in [1.54, 1.807) is 0 Å². The monoisotopic (exact) mass is 221 g/mol. The van der Waals surface area contributed by atoms with Gasteiger partial charge >= 0.3 is 0 Å². The van der Waals surface area contributed by atoms with E-state index in [-0.39, 0.29) is 12.1 Å². The molecule has 1 saturated carbocycles. The van der Waals surface area contributed by atoms with E-state index in [2.05, 4.69) is 15.5 Å². The zero-order valence-corrected chi connectivity index (χ0v) is 9.74. The van der Waals surface area contributed by atoms with Crippen LogP contribution in [0.1, 0.15) is 37.8 Å². The van der Waals surface area contributed by atoms with Gasteiger partial charge in [0, 0.05) is 0 Å². The Balaban J connectivity index is 2.08. The first-order chi connectivity index (χ1) is 7.74. The molecule has 0 unspecified atom stereocenters. The lowest BCUT2D eigenvalue weighted by Gasteiger charge is -2.36. The van der Waals surface area contributed by atoms with Gasteiger partial charge in [0.15, 0.2) is 0 Å². The summed E-state index contributed by atoms with van der Waals surface area (Å²) in [5.74, 6) is 0.765. The highest BCUT2D eigenvalue weighted by Gasteiger charge is 2.31. The molecule has 1 heterocycles. The Bertz CT molecular complexity index is 331. The molecule has 2 N–H and O–H groups in total. The second-order valence-corrected chi connectivity index (χ2v) is 4.68. The highest BCUT2D eigenvalue weighted by Crippen LogP contribution is 2.30. The number of aliphatic hydroxyl groups is 1. The van der Waals surface area contributed by atoms with Crippen molar-refractivity contribution in [3.63, 3.8) is 0 Å². The van der Waals surface area contributed by atoms with Crippen LogP contribution in [0.2, 0.25) is 0 Å². The molecule has 0 aliphatic heterocycles. The van der Waals surface area contributed by atoms with Crippen LogP contribution >= 0.6 is 0 Å². The molecule has 0 spiro atoms. The van der Waals surface area contributed by atoms with Crippen LogP contribution in [0.5, 0.6) is 0 Å². The fraction of sp³-hybridized carbons (Fsp3) is 0.667. The van der Waals surface area contributed by atoms with Gasteiger partial charge in [0.2, 0.25) is 0 Å². The van der Waals surface area contributed by atoms with E-state index in [1.807, 2.05) is 19.1 Å². The Morgan fingerprint density at radius 2 is 2.00 bits per heavy atom. The minimum Gasteiger partial charge on any atom is -0.394 e. The van der Waals surface area contributed by atoms with Crippen molar-refractivity contribution in [1.29, 1.82) is 0 Å². The van der Waals surface area contributed by atoms with Crippen molar-refractivity contribution in [2.24, 2.45) is 0 Å². The minimum absolute atomic E-state index is 0.169. The number of hydrogen-bond donors (Lipinski definition) is 2. The molecule has 2 rings (SSSR count). The highest BCUT2D eigenvalue weighted by atomic mass is 16.3. The summed E-state index contributed by atoms with van der Waals surface area (Å²) in [6.45, 7) is 2.09. The molecule has 4 heteroatoms. The van der Waals surface area contributed by atoms with Crippen LogP contribution in [-0.2, 0) is 0 Å². The van der Waals surface area contributed by atoms with E-state index >= 15 is 0 Å². The van der Waals surface area contributed by atoms with Crippen molar-refractivity contribution >= 4 is 5.82 Å². The van der Waals surface area contributed by atoms with E-state index in [4.69, 9.17) is 0 Å². The summed E-state index contributed by atoms with van der Waals surface area (Å²) in [6, 6.07) is 3.86. The number of anilines is 1. The summed E-state index contributed by atoms with van der Waals surface area (Å²) >= 11 is 0. The highest BCUT2D eigenvalue weighted by molar-refractivity contribution is 5.37. The van der Waals surface area contributed by atoms with Gasteiger partial charge in [-0.15, -0.1) is 5.10 Å². The molecular weight excluding hydrogens is 202 g/mol. The molecule has 0 bridgehead atoms. The molecule has 1 aliphatic carbocycles. The average molecular weight is 221 g/mol. The van der Waals surface area contributed by atoms with Gasteiger partial charge in [-0.25, -0.2) is 0 Å². The number of aryl methyl sites for hydroxylation is 1. The molecular formula is C12H19N3O. The van der Waals surface area contributed by atoms with E-state index in [9.17, 15) is 5.11 Å². The molecule has 16 heavy (non-hydrogen) atoms. The number of hydrogen-bond acceptors (Lipinski definition) is 4. The van der Waals surface area contributed by atoms with Crippen LogP contribution in [-0.4, -0.2) is 27.4 Å². The smallest absolute Gasteiger partial charge is 0.149 e. The summed E-state index contributed by atoms with van der Waals surface area (Å²) in [6.07, 6.45) is 5.64. The third-order valence-electron chi connectivity index (χ3n) is 3.30. The van der Waals surface area contributed by atoms with Gasteiger partial charge in [0.25, 0.3) is 0 Å². The topological polar surface area (TPSA) is 58.0 Å². The number of nitrogens with zero attached hydrogens (tertiary/aromatic N) is 2. The van der Waals surface area contributed by atoms with Crippen molar-refractivity contribution in [2.45, 2.75) is 44.6 Å². The Kier molecular flexibility index (Phi) is 3.39. The van der Waals surface area contributed by atoms with Gasteiger partial charge in [-0.2, -0.15) is 5.10 Å². The first-order valence-electron chi connectivity index (χ1n) is 5.93. The molecule has 88 valence electrons. The Labute approximate surface area is 96.1 Å². The maximum absolute atomic E-state index is 9.55. The number of aliphatic hydroxyl groups excluding tert-OH is 1. The molecule has 0 aromatic carbocycles. The van der Waals surface area contributed by atoms with Gasteiger partial charge in [-0.3, -0.25) is 0 Å². The second kappa shape index (κ2) is 4.78. The summed E-state index contributed by atoms with van der Waals surface area (Å²) < 4.78 is 0. The predicted octanol–water partition coefficient (Wildman–Crippen LogP) is 1.89. The fourth-order valence-corrected chi connectivity index (χ4v) is 2.29. The lowest BCUT2D eigenvalue weighted by Crippen LogP contribution is -2.44. The Morgan fingerprint density at radius 3 is 2.56 bits per heavy atom. The third-order valence-corrected chi connectivity index (χ3v) is 3.30. The molecule has 1 fully saturated rings. The van der Waals surface area contributed by atoms with E-state index in [0.717, 1.165) is 24.4 Å². The van der Waals surface area contributed by atoms with Crippen LogP contribution in [0.25, 0.3) is 0 Å². The van der Waals surface area contributed by atoms with Crippen molar-refractivity contribution in [3.8, 4) is 0 Å². The SMILES string of the molecule is Cc1ccc(NC2(CO)CCCCC2)nn1. The molecule has 0 saturated heterocycles. The van der Waals surface area contributed by atoms with Gasteiger partial charge in [-0.1, -0.05) is 19.3 Å². The van der Waals surface area contributed by atoms with Crippen LogP contribution in [0.15, 0.2) is 12.1 Å². The number of nitrogens with one attached hydrogen (secondary N) is 1. The van der Waals surface area contributed by atoms with Crippen LogP contribution in [0, 0.1) is 6.92 Å². The predicted molar refractivity (Wildman–Crippen MR) is 63.3 cm³/mol. The van der Waals surface area contributed by atoms with Crippen molar-refractivity contribution in [1.82, 2.24) is 10.2 Å². The Morgan fingerprint density at radius 1 is 1.25 bits per heavy atom. The molecule has 1 aliphatic rings. The number of aromatic nitrogens is 2. The van der Waals surface area contributed by atoms with Crippen molar-refractivity contribution in [3.05, 3.63) is 17.8 Å². The fourth-order valence-electron chi connectivity index (χ4n) is 2.29. The normalized spacial score (nSPS) is 19.4. The minimum atomic E-state index is -0.178. The van der Waals surface area contributed by atoms with Crippen LogP contribution in [0.4, 0.5) is 5.82 Å². The maximum atomic E-state index is 9.55. The van der Waals surface area contributed by atoms with Crippen LogP contribution in [0.3, 0.4) is 0 Å². The maximum Gasteiger partial charge on any atom is 0.149 e. The summed E-state index contributed by atoms with van der Waals surface area (Å²) in [5, 5.41) is 21.0. The quantitative estimate of drug-likeness (QED) is 0.818. The average Bonchev–Trinajstić information content (AvgIpc) is 2.33. The van der Waals surface area contributed by atoms with Gasteiger partial charge in [0.05, 0.1) is 17.8 Å². The first kappa shape index (κ1) is 11.3. The second-order valence-electron chi connectivity index (χ2n) is 4.68. The van der Waals surface area contributed by atoms with Gasteiger partial charge < -0.3 is 10.4 Å². The summed E-state index contributed by atoms with van der Waals surface area (Å²) in [4.78, 5) is 0. The van der Waals surface area contributed by atoms with Crippen molar-refractivity contribution < 1.29 is 5.11 Å². The molecule has 1 aromatic heterocycles. The van der Waals surface area contributed by atoms with Gasteiger partial charge in [0.1, 0.15) is 5.82 Å². The summed E-state index contributed by atoms with van der Waals surface area (Å²) in [5.41, 5.74) is 0.731. The lowest BCUT2D eigenvalue weighted by molar-refractivity contribution is 0.172.